The normalized spacial score (nSPS) is 10.2. The van der Waals surface area contributed by atoms with Crippen molar-refractivity contribution >= 4 is 5.91 Å². The van der Waals surface area contributed by atoms with Crippen LogP contribution in [0.25, 0.3) is 0 Å². The van der Waals surface area contributed by atoms with E-state index in [0.29, 0.717) is 18.8 Å². The van der Waals surface area contributed by atoms with Gasteiger partial charge in [0.1, 0.15) is 5.69 Å². The van der Waals surface area contributed by atoms with Gasteiger partial charge in [-0.3, -0.25) is 14.6 Å². The lowest BCUT2D eigenvalue weighted by atomic mass is 10.3. The van der Waals surface area contributed by atoms with Crippen LogP contribution in [0.15, 0.2) is 41.3 Å². The molecule has 0 saturated heterocycles. The molecule has 19 heavy (non-hydrogen) atoms. The van der Waals surface area contributed by atoms with Crippen molar-refractivity contribution in [1.82, 2.24) is 20.1 Å². The second kappa shape index (κ2) is 5.90. The number of hydrogen-bond donors (Lipinski definition) is 1. The molecule has 0 spiro atoms. The molecule has 6 nitrogen and oxygen atoms in total. The maximum Gasteiger partial charge on any atom is 0.269 e. The van der Waals surface area contributed by atoms with Gasteiger partial charge in [-0.25, -0.2) is 4.68 Å². The van der Waals surface area contributed by atoms with Crippen LogP contribution in [0.4, 0.5) is 0 Å². The number of pyridine rings is 1. The van der Waals surface area contributed by atoms with Crippen LogP contribution in [0.3, 0.4) is 0 Å². The molecule has 2 rings (SSSR count). The van der Waals surface area contributed by atoms with Crippen LogP contribution in [0.5, 0.6) is 0 Å². The molecule has 0 aliphatic carbocycles. The van der Waals surface area contributed by atoms with Gasteiger partial charge in [0.15, 0.2) is 0 Å². The highest BCUT2D eigenvalue weighted by molar-refractivity contribution is 5.92. The molecule has 0 unspecified atom stereocenters. The van der Waals surface area contributed by atoms with Gasteiger partial charge in [-0.1, -0.05) is 6.07 Å². The van der Waals surface area contributed by atoms with Gasteiger partial charge in [0.2, 0.25) is 0 Å². The van der Waals surface area contributed by atoms with E-state index in [-0.39, 0.29) is 11.5 Å². The zero-order valence-electron chi connectivity index (χ0n) is 10.5. The summed E-state index contributed by atoms with van der Waals surface area (Å²) < 4.78 is 1.33. The van der Waals surface area contributed by atoms with Crippen molar-refractivity contribution in [3.63, 3.8) is 0 Å². The quantitative estimate of drug-likeness (QED) is 0.860. The Morgan fingerprint density at radius 1 is 1.32 bits per heavy atom. The van der Waals surface area contributed by atoms with Gasteiger partial charge in [0.25, 0.3) is 11.5 Å². The Morgan fingerprint density at radius 3 is 2.89 bits per heavy atom. The molecule has 0 bridgehead atoms. The SMILES string of the molecule is Cc1ccc(=O)n(CCNC(=O)c2ccccn2)n1. The first-order valence-electron chi connectivity index (χ1n) is 5.91. The van der Waals surface area contributed by atoms with Crippen molar-refractivity contribution in [2.75, 3.05) is 6.54 Å². The van der Waals surface area contributed by atoms with E-state index in [1.54, 1.807) is 30.5 Å². The minimum atomic E-state index is -0.263. The van der Waals surface area contributed by atoms with E-state index in [1.807, 2.05) is 6.92 Å². The molecule has 0 saturated carbocycles. The molecule has 1 amide bonds. The largest absolute Gasteiger partial charge is 0.349 e. The van der Waals surface area contributed by atoms with Crippen molar-refractivity contribution < 1.29 is 4.79 Å². The third-order valence-corrected chi connectivity index (χ3v) is 2.51. The number of carbonyl (C=O) groups is 1. The minimum absolute atomic E-state index is 0.183. The van der Waals surface area contributed by atoms with Crippen LogP contribution in [0, 0.1) is 6.92 Å². The van der Waals surface area contributed by atoms with E-state index in [4.69, 9.17) is 0 Å². The number of nitrogens with one attached hydrogen (secondary N) is 1. The van der Waals surface area contributed by atoms with Crippen molar-refractivity contribution in [3.8, 4) is 0 Å². The Labute approximate surface area is 110 Å². The molecule has 2 aromatic rings. The number of aryl methyl sites for hydroxylation is 1. The summed E-state index contributed by atoms with van der Waals surface area (Å²) in [5.41, 5.74) is 0.931. The van der Waals surface area contributed by atoms with E-state index in [0.717, 1.165) is 5.69 Å². The molecule has 0 atom stereocenters. The van der Waals surface area contributed by atoms with Gasteiger partial charge in [-0.15, -0.1) is 0 Å². The zero-order valence-corrected chi connectivity index (χ0v) is 10.5. The summed E-state index contributed by atoms with van der Waals surface area (Å²) in [6.07, 6.45) is 1.56. The Morgan fingerprint density at radius 2 is 2.16 bits per heavy atom. The Bertz CT molecular complexity index is 622. The van der Waals surface area contributed by atoms with E-state index in [2.05, 4.69) is 15.4 Å². The van der Waals surface area contributed by atoms with Gasteiger partial charge in [-0.2, -0.15) is 5.10 Å². The smallest absolute Gasteiger partial charge is 0.269 e. The highest BCUT2D eigenvalue weighted by Gasteiger charge is 2.05. The van der Waals surface area contributed by atoms with Crippen molar-refractivity contribution in [1.29, 1.82) is 0 Å². The predicted molar refractivity (Wildman–Crippen MR) is 69.8 cm³/mol. The first-order valence-corrected chi connectivity index (χ1v) is 5.91. The summed E-state index contributed by atoms with van der Waals surface area (Å²) in [6.45, 7) is 2.47. The first kappa shape index (κ1) is 12.9. The number of rotatable bonds is 4. The molecular formula is C13H14N4O2. The van der Waals surface area contributed by atoms with Crippen LogP contribution in [-0.4, -0.2) is 27.2 Å². The molecular weight excluding hydrogens is 244 g/mol. The average molecular weight is 258 g/mol. The second-order valence-corrected chi connectivity index (χ2v) is 4.01. The number of carbonyl (C=O) groups excluding carboxylic acids is 1. The van der Waals surface area contributed by atoms with E-state index in [9.17, 15) is 9.59 Å². The van der Waals surface area contributed by atoms with Crippen LogP contribution in [0.1, 0.15) is 16.2 Å². The Balaban J connectivity index is 1.92. The number of amides is 1. The highest BCUT2D eigenvalue weighted by atomic mass is 16.2. The van der Waals surface area contributed by atoms with Gasteiger partial charge < -0.3 is 5.32 Å². The van der Waals surface area contributed by atoms with Gasteiger partial charge in [0, 0.05) is 18.8 Å². The third-order valence-electron chi connectivity index (χ3n) is 2.51. The molecule has 2 aromatic heterocycles. The lowest BCUT2D eigenvalue weighted by molar-refractivity contribution is 0.0947. The van der Waals surface area contributed by atoms with Crippen molar-refractivity contribution in [2.24, 2.45) is 0 Å². The lowest BCUT2D eigenvalue weighted by Crippen LogP contribution is -2.32. The van der Waals surface area contributed by atoms with E-state index < -0.39 is 0 Å². The predicted octanol–water partition coefficient (Wildman–Crippen LogP) is 0.377. The van der Waals surface area contributed by atoms with E-state index in [1.165, 1.54) is 10.7 Å². The van der Waals surface area contributed by atoms with Crippen LogP contribution in [-0.2, 0) is 6.54 Å². The first-order chi connectivity index (χ1) is 9.16. The zero-order chi connectivity index (χ0) is 13.7. The number of nitrogens with zero attached hydrogens (tertiary/aromatic N) is 3. The topological polar surface area (TPSA) is 76.9 Å². The molecule has 6 heteroatoms. The molecule has 0 radical (unpaired) electrons. The summed E-state index contributed by atoms with van der Waals surface area (Å²) in [4.78, 5) is 27.1. The maximum atomic E-state index is 11.7. The molecule has 0 aliphatic rings. The molecule has 1 N–H and O–H groups in total. The molecule has 0 aromatic carbocycles. The lowest BCUT2D eigenvalue weighted by Gasteiger charge is -2.06. The molecule has 2 heterocycles. The van der Waals surface area contributed by atoms with Crippen molar-refractivity contribution in [2.45, 2.75) is 13.5 Å². The maximum absolute atomic E-state index is 11.7. The fraction of sp³-hybridized carbons (Fsp3) is 0.231. The summed E-state index contributed by atoms with van der Waals surface area (Å²) >= 11 is 0. The highest BCUT2D eigenvalue weighted by Crippen LogP contribution is 1.92. The molecule has 98 valence electrons. The number of hydrogen-bond acceptors (Lipinski definition) is 4. The molecule has 0 aliphatic heterocycles. The third kappa shape index (κ3) is 3.48. The summed E-state index contributed by atoms with van der Waals surface area (Å²) in [5, 5.41) is 6.77. The van der Waals surface area contributed by atoms with Crippen molar-refractivity contribution in [3.05, 3.63) is 58.3 Å². The summed E-state index contributed by atoms with van der Waals surface area (Å²) in [5.74, 6) is -0.263. The van der Waals surface area contributed by atoms with Gasteiger partial charge >= 0.3 is 0 Å². The van der Waals surface area contributed by atoms with Gasteiger partial charge in [-0.05, 0) is 25.1 Å². The fourth-order valence-corrected chi connectivity index (χ4v) is 1.57. The standard InChI is InChI=1S/C13H14N4O2/c1-10-5-6-12(18)17(16-10)9-8-15-13(19)11-4-2-3-7-14-11/h2-7H,8-9H2,1H3,(H,15,19). The van der Waals surface area contributed by atoms with Crippen LogP contribution >= 0.6 is 0 Å². The second-order valence-electron chi connectivity index (χ2n) is 4.01. The molecule has 0 fully saturated rings. The summed E-state index contributed by atoms with van der Waals surface area (Å²) in [6, 6.07) is 8.24. The van der Waals surface area contributed by atoms with Crippen LogP contribution in [0.2, 0.25) is 0 Å². The Kier molecular flexibility index (Phi) is 4.02. The van der Waals surface area contributed by atoms with E-state index >= 15 is 0 Å². The number of aromatic nitrogens is 3. The summed E-state index contributed by atoms with van der Waals surface area (Å²) in [7, 11) is 0. The minimum Gasteiger partial charge on any atom is -0.349 e. The van der Waals surface area contributed by atoms with Crippen LogP contribution < -0.4 is 10.9 Å². The monoisotopic (exact) mass is 258 g/mol. The van der Waals surface area contributed by atoms with Gasteiger partial charge in [0.05, 0.1) is 12.2 Å². The Hall–Kier alpha value is -2.50. The fourth-order valence-electron chi connectivity index (χ4n) is 1.57. The average Bonchev–Trinajstić information content (AvgIpc) is 2.43.